The van der Waals surface area contributed by atoms with Crippen molar-refractivity contribution in [1.29, 1.82) is 5.41 Å². The average molecular weight is 221 g/mol. The van der Waals surface area contributed by atoms with Crippen LogP contribution in [0.2, 0.25) is 0 Å². The molecule has 1 heterocycles. The van der Waals surface area contributed by atoms with Gasteiger partial charge in [0.2, 0.25) is 5.29 Å². The van der Waals surface area contributed by atoms with Crippen LogP contribution in [0, 0.1) is 5.41 Å². The van der Waals surface area contributed by atoms with Gasteiger partial charge in [-0.15, -0.1) is 0 Å². The molecule has 0 aromatic heterocycles. The Hall–Kier alpha value is -1.52. The lowest BCUT2D eigenvalue weighted by atomic mass is 10.0. The maximum Gasteiger partial charge on any atom is 0.224 e. The molecule has 76 valence electrons. The molecule has 0 radical (unpaired) electrons. The number of nitrogens with zero attached hydrogens (tertiary/aromatic N) is 2. The minimum atomic E-state index is -0.602. The lowest BCUT2D eigenvalue weighted by molar-refractivity contribution is 1.08. The molecule has 0 saturated heterocycles. The quantitative estimate of drug-likeness (QED) is 0.690. The lowest BCUT2D eigenvalue weighted by Crippen LogP contribution is -2.40. The van der Waals surface area contributed by atoms with Gasteiger partial charge in [0, 0.05) is 0 Å². The zero-order valence-electron chi connectivity index (χ0n) is 7.81. The highest BCUT2D eigenvalue weighted by Crippen LogP contribution is 2.11. The van der Waals surface area contributed by atoms with Crippen LogP contribution in [0.1, 0.15) is 5.56 Å². The molecule has 0 fully saturated rings. The first-order chi connectivity index (χ1) is 7.18. The fraction of sp³-hybridized carbons (Fsp3) is 0.100. The maximum atomic E-state index is 7.53. The summed E-state index contributed by atoms with van der Waals surface area (Å²) in [5, 5.41) is 7.58. The zero-order valence-corrected chi connectivity index (χ0v) is 8.57. The van der Waals surface area contributed by atoms with E-state index in [1.165, 1.54) is 0 Å². The number of benzene rings is 1. The van der Waals surface area contributed by atoms with Gasteiger partial charge in [-0.3, -0.25) is 5.41 Å². The average Bonchev–Trinajstić information content (AvgIpc) is 2.24. The number of nitrogens with two attached hydrogens (primary N) is 1. The van der Waals surface area contributed by atoms with Crippen molar-refractivity contribution in [3.63, 3.8) is 0 Å². The highest BCUT2D eigenvalue weighted by Gasteiger charge is 2.22. The molecule has 3 N–H and O–H groups in total. The third-order valence-electron chi connectivity index (χ3n) is 2.08. The van der Waals surface area contributed by atoms with E-state index in [2.05, 4.69) is 9.98 Å². The molecule has 1 aliphatic rings. The smallest absolute Gasteiger partial charge is 0.224 e. The number of rotatable bonds is 1. The predicted molar refractivity (Wildman–Crippen MR) is 62.0 cm³/mol. The van der Waals surface area contributed by atoms with Crippen LogP contribution in [0.3, 0.4) is 0 Å². The molecule has 0 amide bonds. The van der Waals surface area contributed by atoms with Crippen molar-refractivity contribution in [1.82, 2.24) is 0 Å². The first-order valence-corrected chi connectivity index (χ1v) is 4.78. The Morgan fingerprint density at radius 1 is 1.20 bits per heavy atom. The van der Waals surface area contributed by atoms with Crippen LogP contribution in [-0.4, -0.2) is 22.9 Å². The lowest BCUT2D eigenvalue weighted by Gasteiger charge is -2.17. The van der Waals surface area contributed by atoms with E-state index in [1.54, 1.807) is 0 Å². The monoisotopic (exact) mass is 220 g/mol. The number of halogens is 1. The number of nitrogens with one attached hydrogen (secondary N) is 1. The normalized spacial score (nSPS) is 20.9. The summed E-state index contributed by atoms with van der Waals surface area (Å²) in [6, 6.07) is 8.82. The van der Waals surface area contributed by atoms with E-state index in [-0.39, 0.29) is 11.1 Å². The van der Waals surface area contributed by atoms with Gasteiger partial charge in [0.1, 0.15) is 11.9 Å². The molecule has 0 saturated carbocycles. The molecule has 0 bridgehead atoms. The van der Waals surface area contributed by atoms with Crippen molar-refractivity contribution in [2.75, 3.05) is 0 Å². The Morgan fingerprint density at radius 3 is 2.53 bits per heavy atom. The number of amidine groups is 2. The largest absolute Gasteiger partial charge is 0.316 e. The van der Waals surface area contributed by atoms with Crippen molar-refractivity contribution in [2.24, 2.45) is 15.7 Å². The third-order valence-corrected chi connectivity index (χ3v) is 2.25. The van der Waals surface area contributed by atoms with Crippen molar-refractivity contribution in [3.8, 4) is 0 Å². The Morgan fingerprint density at radius 2 is 1.87 bits per heavy atom. The summed E-state index contributed by atoms with van der Waals surface area (Å²) in [7, 11) is 0. The topological polar surface area (TPSA) is 74.6 Å². The van der Waals surface area contributed by atoms with Gasteiger partial charge in [-0.2, -0.15) is 0 Å². The van der Waals surface area contributed by atoms with E-state index in [0.717, 1.165) is 5.56 Å². The summed E-state index contributed by atoms with van der Waals surface area (Å²) in [4.78, 5) is 7.74. The molecule has 2 rings (SSSR count). The van der Waals surface area contributed by atoms with Gasteiger partial charge in [0.25, 0.3) is 0 Å². The highest BCUT2D eigenvalue weighted by molar-refractivity contribution is 6.67. The Labute approximate surface area is 92.0 Å². The first kappa shape index (κ1) is 10.0. The molecule has 15 heavy (non-hydrogen) atoms. The summed E-state index contributed by atoms with van der Waals surface area (Å²) in [6.07, 6.45) is 0. The second kappa shape index (κ2) is 3.92. The van der Waals surface area contributed by atoms with Gasteiger partial charge in [-0.05, 0) is 17.2 Å². The minimum absolute atomic E-state index is 0.0360. The fourth-order valence-electron chi connectivity index (χ4n) is 1.35. The second-order valence-corrected chi connectivity index (χ2v) is 3.44. The van der Waals surface area contributed by atoms with E-state index in [9.17, 15) is 0 Å². The van der Waals surface area contributed by atoms with E-state index in [1.807, 2.05) is 30.3 Å². The summed E-state index contributed by atoms with van der Waals surface area (Å²) < 4.78 is 0. The predicted octanol–water partition coefficient (Wildman–Crippen LogP) is 1.39. The number of hydrogen-bond acceptors (Lipinski definition) is 3. The van der Waals surface area contributed by atoms with Crippen molar-refractivity contribution < 1.29 is 0 Å². The standard InChI is InChI=1S/C10H9ClN4/c11-10-14-8(7(12)9(13)15-10)6-4-2-1-3-5-6/h1-5,7,13H,12H2. The molecular formula is C10H9ClN4. The van der Waals surface area contributed by atoms with Crippen LogP contribution in [0.25, 0.3) is 0 Å². The van der Waals surface area contributed by atoms with Gasteiger partial charge < -0.3 is 5.73 Å². The number of hydrogen-bond donors (Lipinski definition) is 2. The first-order valence-electron chi connectivity index (χ1n) is 4.40. The van der Waals surface area contributed by atoms with Gasteiger partial charge in [-0.1, -0.05) is 30.3 Å². The molecule has 0 spiro atoms. The maximum absolute atomic E-state index is 7.53. The molecule has 4 nitrogen and oxygen atoms in total. The molecule has 1 aliphatic heterocycles. The molecule has 5 heteroatoms. The van der Waals surface area contributed by atoms with Crippen molar-refractivity contribution in [2.45, 2.75) is 6.04 Å². The second-order valence-electron chi connectivity index (χ2n) is 3.11. The fourth-order valence-corrected chi connectivity index (χ4v) is 1.53. The SMILES string of the molecule is N=C1N=C(Cl)N=C(c2ccccc2)C1N. The Balaban J connectivity index is 2.45. The van der Waals surface area contributed by atoms with Crippen LogP contribution in [-0.2, 0) is 0 Å². The summed E-state index contributed by atoms with van der Waals surface area (Å²) in [5.74, 6) is 0.0360. The molecule has 1 unspecified atom stereocenters. The molecule has 0 aliphatic carbocycles. The molecular weight excluding hydrogens is 212 g/mol. The highest BCUT2D eigenvalue weighted by atomic mass is 35.5. The summed E-state index contributed by atoms with van der Waals surface area (Å²) in [6.45, 7) is 0. The van der Waals surface area contributed by atoms with E-state index in [0.29, 0.717) is 5.71 Å². The van der Waals surface area contributed by atoms with Crippen molar-refractivity contribution in [3.05, 3.63) is 35.9 Å². The van der Waals surface area contributed by atoms with Crippen LogP contribution in [0.15, 0.2) is 40.3 Å². The van der Waals surface area contributed by atoms with E-state index < -0.39 is 6.04 Å². The van der Waals surface area contributed by atoms with Gasteiger partial charge in [0.15, 0.2) is 0 Å². The molecule has 1 aromatic rings. The minimum Gasteiger partial charge on any atom is -0.316 e. The van der Waals surface area contributed by atoms with Gasteiger partial charge >= 0.3 is 0 Å². The van der Waals surface area contributed by atoms with Gasteiger partial charge in [-0.25, -0.2) is 9.98 Å². The zero-order chi connectivity index (χ0) is 10.8. The van der Waals surface area contributed by atoms with Crippen LogP contribution in [0.5, 0.6) is 0 Å². The van der Waals surface area contributed by atoms with Crippen LogP contribution >= 0.6 is 11.6 Å². The van der Waals surface area contributed by atoms with Crippen LogP contribution < -0.4 is 5.73 Å². The third kappa shape index (κ3) is 1.95. The van der Waals surface area contributed by atoms with Gasteiger partial charge in [0.05, 0.1) is 5.71 Å². The van der Waals surface area contributed by atoms with E-state index in [4.69, 9.17) is 22.7 Å². The number of aliphatic imine (C=N–C) groups is 2. The Kier molecular flexibility index (Phi) is 2.62. The molecule has 1 aromatic carbocycles. The van der Waals surface area contributed by atoms with Crippen molar-refractivity contribution >= 4 is 28.4 Å². The molecule has 1 atom stereocenters. The summed E-state index contributed by atoms with van der Waals surface area (Å²) >= 11 is 5.69. The summed E-state index contributed by atoms with van der Waals surface area (Å²) in [5.41, 5.74) is 7.24. The van der Waals surface area contributed by atoms with E-state index >= 15 is 0 Å². The Bertz CT molecular complexity index is 450. The van der Waals surface area contributed by atoms with Crippen LogP contribution in [0.4, 0.5) is 0 Å².